The number of hydrogen-bond donors (Lipinski definition) is 4. The quantitative estimate of drug-likeness (QED) is 0.413. The molecule has 0 bridgehead atoms. The van der Waals surface area contributed by atoms with Gasteiger partial charge < -0.3 is 20.8 Å². The van der Waals surface area contributed by atoms with Crippen molar-refractivity contribution in [1.82, 2.24) is 10.6 Å². The summed E-state index contributed by atoms with van der Waals surface area (Å²) in [5.74, 6) is -3.03. The molecule has 0 spiro atoms. The molecular formula is C14H13N3O5. The van der Waals surface area contributed by atoms with Crippen molar-refractivity contribution in [2.45, 2.75) is 6.54 Å². The molecule has 1 aromatic carbocycles. The number of hydrogen-bond acceptors (Lipinski definition) is 5. The van der Waals surface area contributed by atoms with Crippen molar-refractivity contribution >= 4 is 17.8 Å². The Balaban J connectivity index is 2.58. The van der Waals surface area contributed by atoms with Crippen molar-refractivity contribution in [2.24, 2.45) is 0 Å². The second-order valence-corrected chi connectivity index (χ2v) is 4.13. The van der Waals surface area contributed by atoms with E-state index >= 15 is 0 Å². The van der Waals surface area contributed by atoms with Crippen molar-refractivity contribution in [3.63, 3.8) is 0 Å². The standard InChI is InChI=1S/C14H13N3O5/c15-5-11(13(20)17-8-12(18)19)7-16-6-9-1-3-10(4-2-9)14(21)22/h1-4,7,16H,6,8H2,(H,17,20)(H,18,19)(H,21,22)/b11-7-. The van der Waals surface area contributed by atoms with E-state index < -0.39 is 24.4 Å². The minimum atomic E-state index is -1.21. The lowest BCUT2D eigenvalue weighted by atomic mass is 10.1. The van der Waals surface area contributed by atoms with E-state index in [-0.39, 0.29) is 17.7 Å². The SMILES string of the molecule is N#C/C(=C/NCc1ccc(C(=O)O)cc1)C(=O)NCC(=O)O. The lowest BCUT2D eigenvalue weighted by molar-refractivity contribution is -0.137. The van der Waals surface area contributed by atoms with Crippen LogP contribution in [0.3, 0.4) is 0 Å². The fraction of sp³-hybridized carbons (Fsp3) is 0.143. The van der Waals surface area contributed by atoms with Crippen LogP contribution < -0.4 is 10.6 Å². The fourth-order valence-electron chi connectivity index (χ4n) is 1.44. The van der Waals surface area contributed by atoms with Gasteiger partial charge in [0.1, 0.15) is 18.2 Å². The van der Waals surface area contributed by atoms with Gasteiger partial charge >= 0.3 is 11.9 Å². The van der Waals surface area contributed by atoms with Gasteiger partial charge in [-0.15, -0.1) is 0 Å². The van der Waals surface area contributed by atoms with Gasteiger partial charge in [0.25, 0.3) is 5.91 Å². The number of rotatable bonds is 7. The van der Waals surface area contributed by atoms with E-state index in [0.717, 1.165) is 5.56 Å². The maximum atomic E-state index is 11.5. The lowest BCUT2D eigenvalue weighted by Crippen LogP contribution is -2.30. The van der Waals surface area contributed by atoms with Crippen LogP contribution in [-0.2, 0) is 16.1 Å². The molecule has 8 nitrogen and oxygen atoms in total. The maximum absolute atomic E-state index is 11.5. The van der Waals surface area contributed by atoms with Crippen LogP contribution in [0.4, 0.5) is 0 Å². The number of nitrogens with zero attached hydrogens (tertiary/aromatic N) is 1. The average molecular weight is 303 g/mol. The zero-order valence-electron chi connectivity index (χ0n) is 11.4. The first kappa shape index (κ1) is 16.7. The molecule has 8 heteroatoms. The number of carboxylic acids is 2. The number of nitriles is 1. The van der Waals surface area contributed by atoms with Crippen LogP contribution in [-0.4, -0.2) is 34.6 Å². The predicted octanol–water partition coefficient (Wildman–Crippen LogP) is 0.0827. The van der Waals surface area contributed by atoms with E-state index in [1.165, 1.54) is 18.3 Å². The number of nitrogens with one attached hydrogen (secondary N) is 2. The highest BCUT2D eigenvalue weighted by molar-refractivity contribution is 5.98. The molecule has 0 saturated carbocycles. The molecule has 0 atom stereocenters. The molecular weight excluding hydrogens is 290 g/mol. The Bertz CT molecular complexity index is 643. The molecule has 22 heavy (non-hydrogen) atoms. The van der Waals surface area contributed by atoms with E-state index in [1.54, 1.807) is 18.2 Å². The summed E-state index contributed by atoms with van der Waals surface area (Å²) in [5.41, 5.74) is 0.651. The Morgan fingerprint density at radius 3 is 2.32 bits per heavy atom. The summed E-state index contributed by atoms with van der Waals surface area (Å²) in [6.45, 7) is -0.300. The summed E-state index contributed by atoms with van der Waals surface area (Å²) in [6.07, 6.45) is 1.17. The zero-order chi connectivity index (χ0) is 16.5. The second kappa shape index (κ2) is 8.06. The van der Waals surface area contributed by atoms with Gasteiger partial charge in [0.05, 0.1) is 5.56 Å². The summed E-state index contributed by atoms with van der Waals surface area (Å²) in [6, 6.07) is 7.72. The van der Waals surface area contributed by atoms with Gasteiger partial charge in [-0.25, -0.2) is 4.79 Å². The molecule has 1 amide bonds. The summed E-state index contributed by atoms with van der Waals surface area (Å²) >= 11 is 0. The normalized spacial score (nSPS) is 10.4. The molecule has 0 heterocycles. The van der Waals surface area contributed by atoms with Crippen molar-refractivity contribution in [1.29, 1.82) is 5.26 Å². The molecule has 0 radical (unpaired) electrons. The Morgan fingerprint density at radius 1 is 1.18 bits per heavy atom. The Labute approximate surface area is 125 Å². The number of carbonyl (C=O) groups is 3. The van der Waals surface area contributed by atoms with E-state index in [2.05, 4.69) is 10.6 Å². The zero-order valence-corrected chi connectivity index (χ0v) is 11.4. The summed E-state index contributed by atoms with van der Waals surface area (Å²) in [7, 11) is 0. The highest BCUT2D eigenvalue weighted by atomic mass is 16.4. The molecule has 114 valence electrons. The minimum absolute atomic E-state index is 0.157. The molecule has 0 unspecified atom stereocenters. The van der Waals surface area contributed by atoms with Crippen LogP contribution in [0.15, 0.2) is 36.0 Å². The molecule has 0 aliphatic heterocycles. The van der Waals surface area contributed by atoms with Crippen molar-refractivity contribution in [3.8, 4) is 6.07 Å². The average Bonchev–Trinajstić information content (AvgIpc) is 2.49. The molecule has 0 aromatic heterocycles. The Kier molecular flexibility index (Phi) is 6.12. The van der Waals surface area contributed by atoms with E-state index in [0.29, 0.717) is 0 Å². The van der Waals surface area contributed by atoms with Gasteiger partial charge in [0.15, 0.2) is 0 Å². The third-order valence-corrected chi connectivity index (χ3v) is 2.52. The number of aliphatic carboxylic acids is 1. The topological polar surface area (TPSA) is 140 Å². The molecule has 0 aliphatic carbocycles. The molecule has 0 saturated heterocycles. The minimum Gasteiger partial charge on any atom is -0.480 e. The van der Waals surface area contributed by atoms with Crippen molar-refractivity contribution < 1.29 is 24.6 Å². The predicted molar refractivity (Wildman–Crippen MR) is 74.6 cm³/mol. The van der Waals surface area contributed by atoms with Crippen LogP contribution >= 0.6 is 0 Å². The molecule has 1 aromatic rings. The summed E-state index contributed by atoms with van der Waals surface area (Å²) in [5, 5.41) is 30.8. The Morgan fingerprint density at radius 2 is 1.82 bits per heavy atom. The number of aromatic carboxylic acids is 1. The molecule has 1 rings (SSSR count). The van der Waals surface area contributed by atoms with E-state index in [9.17, 15) is 14.4 Å². The summed E-state index contributed by atoms with van der Waals surface area (Å²) in [4.78, 5) is 32.5. The number of carbonyl (C=O) groups excluding carboxylic acids is 1. The third-order valence-electron chi connectivity index (χ3n) is 2.52. The van der Waals surface area contributed by atoms with Crippen LogP contribution in [0.2, 0.25) is 0 Å². The van der Waals surface area contributed by atoms with Crippen LogP contribution in [0.5, 0.6) is 0 Å². The lowest BCUT2D eigenvalue weighted by Gasteiger charge is -2.04. The highest BCUT2D eigenvalue weighted by Crippen LogP contribution is 2.04. The van der Waals surface area contributed by atoms with E-state index in [4.69, 9.17) is 15.5 Å². The fourth-order valence-corrected chi connectivity index (χ4v) is 1.44. The Hall–Kier alpha value is -3.34. The molecule has 0 aliphatic rings. The molecule has 0 fully saturated rings. The maximum Gasteiger partial charge on any atom is 0.335 e. The number of carboxylic acid groups (broad SMARTS) is 2. The monoisotopic (exact) mass is 303 g/mol. The largest absolute Gasteiger partial charge is 0.480 e. The number of benzene rings is 1. The first-order chi connectivity index (χ1) is 10.4. The second-order valence-electron chi connectivity index (χ2n) is 4.13. The van der Waals surface area contributed by atoms with Gasteiger partial charge in [-0.2, -0.15) is 5.26 Å². The van der Waals surface area contributed by atoms with Crippen molar-refractivity contribution in [3.05, 3.63) is 47.2 Å². The molecule has 4 N–H and O–H groups in total. The van der Waals surface area contributed by atoms with Gasteiger partial charge in [-0.1, -0.05) is 12.1 Å². The highest BCUT2D eigenvalue weighted by Gasteiger charge is 2.09. The first-order valence-electron chi connectivity index (χ1n) is 6.10. The van der Waals surface area contributed by atoms with Gasteiger partial charge in [-0.05, 0) is 17.7 Å². The van der Waals surface area contributed by atoms with Gasteiger partial charge in [0.2, 0.25) is 0 Å². The van der Waals surface area contributed by atoms with E-state index in [1.807, 2.05) is 0 Å². The van der Waals surface area contributed by atoms with Gasteiger partial charge in [0, 0.05) is 12.7 Å². The van der Waals surface area contributed by atoms with Crippen LogP contribution in [0.1, 0.15) is 15.9 Å². The van der Waals surface area contributed by atoms with Crippen LogP contribution in [0, 0.1) is 11.3 Å². The number of amides is 1. The third kappa shape index (κ3) is 5.34. The summed E-state index contributed by atoms with van der Waals surface area (Å²) < 4.78 is 0. The van der Waals surface area contributed by atoms with Crippen molar-refractivity contribution in [2.75, 3.05) is 6.54 Å². The first-order valence-corrected chi connectivity index (χ1v) is 6.10. The van der Waals surface area contributed by atoms with Gasteiger partial charge in [-0.3, -0.25) is 9.59 Å². The smallest absolute Gasteiger partial charge is 0.335 e. The van der Waals surface area contributed by atoms with Crippen LogP contribution in [0.25, 0.3) is 0 Å².